The van der Waals surface area contributed by atoms with Crippen LogP contribution in [-0.2, 0) is 4.74 Å². The van der Waals surface area contributed by atoms with E-state index in [1.165, 1.54) is 12.7 Å². The number of nitrogens with zero attached hydrogens (tertiary/aromatic N) is 2. The molecule has 2 rings (SSSR count). The van der Waals surface area contributed by atoms with Gasteiger partial charge in [-0.25, -0.2) is 9.97 Å². The fourth-order valence-electron chi connectivity index (χ4n) is 1.94. The van der Waals surface area contributed by atoms with Crippen LogP contribution in [0.3, 0.4) is 0 Å². The van der Waals surface area contributed by atoms with Gasteiger partial charge in [0.25, 0.3) is 0 Å². The number of rotatable bonds is 7. The van der Waals surface area contributed by atoms with Crippen LogP contribution >= 0.6 is 0 Å². The lowest BCUT2D eigenvalue weighted by molar-refractivity contribution is 0.185. The van der Waals surface area contributed by atoms with Crippen LogP contribution < -0.4 is 10.1 Å². The first kappa shape index (κ1) is 13.1. The Bertz CT molecular complexity index is 354. The molecule has 0 aromatic carbocycles. The maximum Gasteiger partial charge on any atom is 0.218 e. The molecule has 5 heteroatoms. The number of aromatic nitrogens is 2. The Balaban J connectivity index is 1.74. The first-order valence-corrected chi connectivity index (χ1v) is 6.65. The van der Waals surface area contributed by atoms with Gasteiger partial charge in [0, 0.05) is 25.8 Å². The van der Waals surface area contributed by atoms with E-state index in [0.717, 1.165) is 38.4 Å². The van der Waals surface area contributed by atoms with Gasteiger partial charge in [0.2, 0.25) is 5.88 Å². The van der Waals surface area contributed by atoms with Crippen LogP contribution in [0.2, 0.25) is 0 Å². The third-order valence-electron chi connectivity index (χ3n) is 2.98. The summed E-state index contributed by atoms with van der Waals surface area (Å²) in [5, 5.41) is 3.30. The van der Waals surface area contributed by atoms with Gasteiger partial charge >= 0.3 is 0 Å². The minimum atomic E-state index is 0.638. The molecule has 1 saturated heterocycles. The van der Waals surface area contributed by atoms with E-state index in [2.05, 4.69) is 22.2 Å². The van der Waals surface area contributed by atoms with E-state index in [9.17, 15) is 0 Å². The van der Waals surface area contributed by atoms with Crippen molar-refractivity contribution < 1.29 is 9.47 Å². The van der Waals surface area contributed by atoms with Gasteiger partial charge in [-0.2, -0.15) is 0 Å². The van der Waals surface area contributed by atoms with Crippen molar-refractivity contribution in [2.75, 3.05) is 31.7 Å². The Kier molecular flexibility index (Phi) is 5.20. The van der Waals surface area contributed by atoms with Crippen molar-refractivity contribution in [2.45, 2.75) is 26.2 Å². The summed E-state index contributed by atoms with van der Waals surface area (Å²) in [6.07, 6.45) is 4.81. The molecule has 1 aliphatic rings. The number of hydrogen-bond donors (Lipinski definition) is 1. The molecule has 0 amide bonds. The molecule has 1 fully saturated rings. The largest absolute Gasteiger partial charge is 0.478 e. The molecule has 100 valence electrons. The summed E-state index contributed by atoms with van der Waals surface area (Å²) in [6.45, 7) is 5.49. The fourth-order valence-corrected chi connectivity index (χ4v) is 1.94. The zero-order valence-corrected chi connectivity index (χ0v) is 10.9. The van der Waals surface area contributed by atoms with Gasteiger partial charge in [-0.05, 0) is 25.2 Å². The van der Waals surface area contributed by atoms with E-state index in [1.54, 1.807) is 0 Å². The number of nitrogens with one attached hydrogen (secondary N) is 1. The normalized spacial score (nSPS) is 18.8. The summed E-state index contributed by atoms with van der Waals surface area (Å²) in [5.74, 6) is 2.16. The molecule has 0 aliphatic carbocycles. The molecule has 0 saturated carbocycles. The highest BCUT2D eigenvalue weighted by Crippen LogP contribution is 2.17. The van der Waals surface area contributed by atoms with E-state index in [0.29, 0.717) is 18.4 Å². The summed E-state index contributed by atoms with van der Waals surface area (Å²) >= 11 is 0. The lowest BCUT2D eigenvalue weighted by Gasteiger charge is -2.10. The lowest BCUT2D eigenvalue weighted by atomic mass is 10.1. The van der Waals surface area contributed by atoms with Crippen LogP contribution in [0.5, 0.6) is 5.88 Å². The first-order valence-electron chi connectivity index (χ1n) is 6.65. The van der Waals surface area contributed by atoms with Crippen LogP contribution in [0.25, 0.3) is 0 Å². The second kappa shape index (κ2) is 7.16. The molecule has 5 nitrogen and oxygen atoms in total. The average molecular weight is 251 g/mol. The zero-order valence-electron chi connectivity index (χ0n) is 10.9. The average Bonchev–Trinajstić information content (AvgIpc) is 2.90. The molecule has 1 unspecified atom stereocenters. The van der Waals surface area contributed by atoms with Crippen molar-refractivity contribution in [3.05, 3.63) is 12.4 Å². The van der Waals surface area contributed by atoms with Crippen molar-refractivity contribution in [3.8, 4) is 5.88 Å². The topological polar surface area (TPSA) is 56.3 Å². The molecule has 2 heterocycles. The molecule has 0 bridgehead atoms. The molecule has 1 atom stereocenters. The maximum atomic E-state index is 5.46. The van der Waals surface area contributed by atoms with Crippen molar-refractivity contribution in [2.24, 2.45) is 5.92 Å². The van der Waals surface area contributed by atoms with Crippen molar-refractivity contribution in [1.82, 2.24) is 9.97 Å². The van der Waals surface area contributed by atoms with E-state index < -0.39 is 0 Å². The van der Waals surface area contributed by atoms with E-state index in [-0.39, 0.29) is 0 Å². The quantitative estimate of drug-likeness (QED) is 0.804. The second-order valence-electron chi connectivity index (χ2n) is 4.54. The van der Waals surface area contributed by atoms with E-state index in [4.69, 9.17) is 9.47 Å². The highest BCUT2D eigenvalue weighted by atomic mass is 16.5. The molecule has 18 heavy (non-hydrogen) atoms. The van der Waals surface area contributed by atoms with Crippen molar-refractivity contribution in [3.63, 3.8) is 0 Å². The Hall–Kier alpha value is -1.36. The summed E-state index contributed by atoms with van der Waals surface area (Å²) in [5.41, 5.74) is 0. The summed E-state index contributed by atoms with van der Waals surface area (Å²) in [4.78, 5) is 8.25. The van der Waals surface area contributed by atoms with Crippen LogP contribution in [0, 0.1) is 5.92 Å². The number of ether oxygens (including phenoxy) is 2. The minimum Gasteiger partial charge on any atom is -0.478 e. The van der Waals surface area contributed by atoms with Crippen molar-refractivity contribution >= 4 is 5.82 Å². The Morgan fingerprint density at radius 3 is 3.22 bits per heavy atom. The highest BCUT2D eigenvalue weighted by molar-refractivity contribution is 5.36. The highest BCUT2D eigenvalue weighted by Gasteiger charge is 2.14. The van der Waals surface area contributed by atoms with Gasteiger partial charge in [-0.1, -0.05) is 6.92 Å². The number of anilines is 1. The van der Waals surface area contributed by atoms with Gasteiger partial charge in [-0.3, -0.25) is 0 Å². The van der Waals surface area contributed by atoms with Gasteiger partial charge in [0.05, 0.1) is 6.61 Å². The van der Waals surface area contributed by atoms with Gasteiger partial charge < -0.3 is 14.8 Å². The fraction of sp³-hybridized carbons (Fsp3) is 0.692. The van der Waals surface area contributed by atoms with E-state index >= 15 is 0 Å². The number of hydrogen-bond acceptors (Lipinski definition) is 5. The third kappa shape index (κ3) is 4.14. The predicted molar refractivity (Wildman–Crippen MR) is 69.9 cm³/mol. The van der Waals surface area contributed by atoms with Crippen LogP contribution in [-0.4, -0.2) is 36.3 Å². The molecule has 1 aromatic rings. The van der Waals surface area contributed by atoms with Gasteiger partial charge in [0.1, 0.15) is 12.1 Å². The predicted octanol–water partition coefficient (Wildman–Crippen LogP) is 2.10. The molecule has 1 N–H and O–H groups in total. The molecule has 0 spiro atoms. The zero-order chi connectivity index (χ0) is 12.6. The van der Waals surface area contributed by atoms with Crippen molar-refractivity contribution in [1.29, 1.82) is 0 Å². The standard InChI is InChI=1S/C13H21N3O2/c1-2-6-18-13-8-12(15-10-16-13)14-5-3-11-4-7-17-9-11/h8,10-11H,2-7,9H2,1H3,(H,14,15,16). The third-order valence-corrected chi connectivity index (χ3v) is 2.98. The minimum absolute atomic E-state index is 0.638. The smallest absolute Gasteiger partial charge is 0.218 e. The van der Waals surface area contributed by atoms with Gasteiger partial charge in [0.15, 0.2) is 0 Å². The monoisotopic (exact) mass is 251 g/mol. The molecule has 0 radical (unpaired) electrons. The molecule has 1 aliphatic heterocycles. The van der Waals surface area contributed by atoms with E-state index in [1.807, 2.05) is 6.07 Å². The summed E-state index contributed by atoms with van der Waals surface area (Å²) in [6, 6.07) is 1.85. The Morgan fingerprint density at radius 1 is 1.50 bits per heavy atom. The van der Waals surface area contributed by atoms with Crippen LogP contribution in [0.15, 0.2) is 12.4 Å². The molecular formula is C13H21N3O2. The maximum absolute atomic E-state index is 5.46. The first-order chi connectivity index (χ1) is 8.88. The SMILES string of the molecule is CCCOc1cc(NCCC2CCOC2)ncn1. The summed E-state index contributed by atoms with van der Waals surface area (Å²) in [7, 11) is 0. The Morgan fingerprint density at radius 2 is 2.44 bits per heavy atom. The molecular weight excluding hydrogens is 230 g/mol. The van der Waals surface area contributed by atoms with Gasteiger partial charge in [-0.15, -0.1) is 0 Å². The molecule has 1 aromatic heterocycles. The van der Waals surface area contributed by atoms with Crippen LogP contribution in [0.1, 0.15) is 26.2 Å². The lowest BCUT2D eigenvalue weighted by Crippen LogP contribution is -2.10. The second-order valence-corrected chi connectivity index (χ2v) is 4.54. The summed E-state index contributed by atoms with van der Waals surface area (Å²) < 4.78 is 10.8. The van der Waals surface area contributed by atoms with Crippen LogP contribution in [0.4, 0.5) is 5.82 Å². The Labute approximate surface area is 108 Å².